The molecule has 0 radical (unpaired) electrons. The molecule has 0 saturated heterocycles. The maximum absolute atomic E-state index is 12.3. The number of halogens is 1. The summed E-state index contributed by atoms with van der Waals surface area (Å²) < 4.78 is 1.56. The molecule has 2 heterocycles. The van der Waals surface area contributed by atoms with Gasteiger partial charge in [-0.3, -0.25) is 24.6 Å². The van der Waals surface area contributed by atoms with E-state index in [0.717, 1.165) is 10.5 Å². The van der Waals surface area contributed by atoms with Crippen molar-refractivity contribution in [2.75, 3.05) is 11.9 Å². The van der Waals surface area contributed by atoms with E-state index in [2.05, 4.69) is 15.4 Å². The Morgan fingerprint density at radius 3 is 2.29 bits per heavy atom. The monoisotopic (exact) mass is 395 g/mol. The normalized spacial score (nSPS) is 13.0. The number of nitrogens with one attached hydrogen (secondary N) is 1. The zero-order valence-electron chi connectivity index (χ0n) is 14.5. The van der Waals surface area contributed by atoms with Gasteiger partial charge in [0.05, 0.1) is 17.7 Å². The predicted molar refractivity (Wildman–Crippen MR) is 101 cm³/mol. The summed E-state index contributed by atoms with van der Waals surface area (Å²) >= 11 is 5.86. The van der Waals surface area contributed by atoms with Crippen molar-refractivity contribution >= 4 is 35.3 Å². The highest BCUT2D eigenvalue weighted by Gasteiger charge is 2.36. The number of carbonyl (C=O) groups excluding carboxylic acids is 3. The molecule has 1 aliphatic rings. The molecule has 140 valence electrons. The zero-order valence-corrected chi connectivity index (χ0v) is 15.3. The number of aromatic nitrogens is 3. The lowest BCUT2D eigenvalue weighted by Gasteiger charge is -2.12. The molecule has 0 saturated carbocycles. The van der Waals surface area contributed by atoms with Gasteiger partial charge < -0.3 is 0 Å². The summed E-state index contributed by atoms with van der Waals surface area (Å²) in [6.07, 6.45) is 1.48. The van der Waals surface area contributed by atoms with Gasteiger partial charge in [-0.2, -0.15) is 0 Å². The molecule has 9 heteroatoms. The van der Waals surface area contributed by atoms with Gasteiger partial charge in [-0.15, -0.1) is 5.10 Å². The van der Waals surface area contributed by atoms with Gasteiger partial charge in [0.2, 0.25) is 11.9 Å². The van der Waals surface area contributed by atoms with E-state index >= 15 is 0 Å². The SMILES string of the molecule is O=C(CN1C(=O)c2ccccc2C1=O)Nc1ncn(Cc2ccc(Cl)cc2)n1. The zero-order chi connectivity index (χ0) is 19.7. The van der Waals surface area contributed by atoms with Crippen molar-refractivity contribution in [3.63, 3.8) is 0 Å². The summed E-state index contributed by atoms with van der Waals surface area (Å²) in [5, 5.41) is 7.32. The molecule has 0 unspecified atom stereocenters. The molecule has 0 spiro atoms. The van der Waals surface area contributed by atoms with Crippen LogP contribution in [0.5, 0.6) is 0 Å². The van der Waals surface area contributed by atoms with Crippen LogP contribution in [-0.4, -0.2) is 43.9 Å². The highest BCUT2D eigenvalue weighted by molar-refractivity contribution is 6.30. The van der Waals surface area contributed by atoms with E-state index in [0.29, 0.717) is 22.7 Å². The minimum Gasteiger partial charge on any atom is -0.292 e. The van der Waals surface area contributed by atoms with E-state index < -0.39 is 24.3 Å². The van der Waals surface area contributed by atoms with Crippen molar-refractivity contribution in [2.45, 2.75) is 6.54 Å². The molecule has 0 fully saturated rings. The maximum Gasteiger partial charge on any atom is 0.262 e. The lowest BCUT2D eigenvalue weighted by molar-refractivity contribution is -0.116. The number of hydrogen-bond donors (Lipinski definition) is 1. The van der Waals surface area contributed by atoms with Gasteiger partial charge in [0.25, 0.3) is 11.8 Å². The molecule has 3 amide bonds. The standard InChI is InChI=1S/C19H14ClN5O3/c20-13-7-5-12(6-8-13)9-24-11-21-19(23-24)22-16(26)10-25-17(27)14-3-1-2-4-15(14)18(25)28/h1-8,11H,9-10H2,(H,22,23,26). The van der Waals surface area contributed by atoms with Crippen LogP contribution < -0.4 is 5.32 Å². The van der Waals surface area contributed by atoms with Crippen LogP contribution in [0.4, 0.5) is 5.95 Å². The molecule has 3 aromatic rings. The Morgan fingerprint density at radius 1 is 1.00 bits per heavy atom. The lowest BCUT2D eigenvalue weighted by Crippen LogP contribution is -2.37. The summed E-state index contributed by atoms with van der Waals surface area (Å²) in [6, 6.07) is 13.8. The molecule has 1 N–H and O–H groups in total. The molecule has 0 atom stereocenters. The fourth-order valence-electron chi connectivity index (χ4n) is 2.90. The second kappa shape index (κ2) is 7.24. The van der Waals surface area contributed by atoms with Gasteiger partial charge in [0, 0.05) is 5.02 Å². The van der Waals surface area contributed by atoms with Crippen molar-refractivity contribution in [3.05, 3.63) is 76.6 Å². The molecular formula is C19H14ClN5O3. The van der Waals surface area contributed by atoms with Crippen LogP contribution in [0.15, 0.2) is 54.9 Å². The van der Waals surface area contributed by atoms with Crippen molar-refractivity contribution in [3.8, 4) is 0 Å². The second-order valence-corrected chi connectivity index (χ2v) is 6.62. The fraction of sp³-hybridized carbons (Fsp3) is 0.105. The van der Waals surface area contributed by atoms with Gasteiger partial charge in [0.1, 0.15) is 12.9 Å². The Hall–Kier alpha value is -3.52. The van der Waals surface area contributed by atoms with E-state index in [1.165, 1.54) is 6.33 Å². The van der Waals surface area contributed by atoms with Crippen molar-refractivity contribution in [1.29, 1.82) is 0 Å². The first-order valence-electron chi connectivity index (χ1n) is 8.40. The molecule has 1 aliphatic heterocycles. The third kappa shape index (κ3) is 3.49. The Labute approximate surface area is 164 Å². The molecule has 8 nitrogen and oxygen atoms in total. The average Bonchev–Trinajstić information content (AvgIpc) is 3.22. The van der Waals surface area contributed by atoms with E-state index in [4.69, 9.17) is 11.6 Å². The molecule has 1 aromatic heterocycles. The minimum atomic E-state index is -0.557. The highest BCUT2D eigenvalue weighted by atomic mass is 35.5. The number of benzene rings is 2. The predicted octanol–water partition coefficient (Wildman–Crippen LogP) is 2.21. The summed E-state index contributed by atoms with van der Waals surface area (Å²) in [4.78, 5) is 41.8. The molecule has 0 bridgehead atoms. The summed E-state index contributed by atoms with van der Waals surface area (Å²) in [5.74, 6) is -1.44. The van der Waals surface area contributed by atoms with Gasteiger partial charge in [-0.1, -0.05) is 35.9 Å². The van der Waals surface area contributed by atoms with Gasteiger partial charge >= 0.3 is 0 Å². The number of amides is 3. The molecule has 28 heavy (non-hydrogen) atoms. The van der Waals surface area contributed by atoms with E-state index in [1.54, 1.807) is 41.1 Å². The van der Waals surface area contributed by atoms with Gasteiger partial charge in [-0.05, 0) is 29.8 Å². The van der Waals surface area contributed by atoms with E-state index in [-0.39, 0.29) is 5.95 Å². The Morgan fingerprint density at radius 2 is 1.64 bits per heavy atom. The largest absolute Gasteiger partial charge is 0.292 e. The number of carbonyl (C=O) groups is 3. The van der Waals surface area contributed by atoms with Crippen molar-refractivity contribution < 1.29 is 14.4 Å². The van der Waals surface area contributed by atoms with Gasteiger partial charge in [-0.25, -0.2) is 9.67 Å². The van der Waals surface area contributed by atoms with Crippen molar-refractivity contribution in [1.82, 2.24) is 19.7 Å². The quantitative estimate of drug-likeness (QED) is 0.668. The number of fused-ring (bicyclic) bond motifs is 1. The second-order valence-electron chi connectivity index (χ2n) is 6.18. The first kappa shape index (κ1) is 17.9. The van der Waals surface area contributed by atoms with Crippen LogP contribution in [0, 0.1) is 0 Å². The van der Waals surface area contributed by atoms with Crippen LogP contribution in [0.25, 0.3) is 0 Å². The third-order valence-electron chi connectivity index (χ3n) is 4.23. The Balaban J connectivity index is 1.38. The number of imide groups is 1. The maximum atomic E-state index is 12.3. The lowest BCUT2D eigenvalue weighted by atomic mass is 10.1. The highest BCUT2D eigenvalue weighted by Crippen LogP contribution is 2.22. The average molecular weight is 396 g/mol. The fourth-order valence-corrected chi connectivity index (χ4v) is 3.02. The van der Waals surface area contributed by atoms with Crippen LogP contribution >= 0.6 is 11.6 Å². The Bertz CT molecular complexity index is 1040. The summed E-state index contributed by atoms with van der Waals surface area (Å²) in [5.41, 5.74) is 1.56. The van der Waals surface area contributed by atoms with Crippen LogP contribution in [0.1, 0.15) is 26.3 Å². The van der Waals surface area contributed by atoms with Crippen molar-refractivity contribution in [2.24, 2.45) is 0 Å². The topological polar surface area (TPSA) is 97.2 Å². The number of rotatable bonds is 5. The van der Waals surface area contributed by atoms with E-state index in [1.807, 2.05) is 12.1 Å². The Kier molecular flexibility index (Phi) is 4.62. The number of anilines is 1. The van der Waals surface area contributed by atoms with Gasteiger partial charge in [0.15, 0.2) is 0 Å². The molecular weight excluding hydrogens is 382 g/mol. The smallest absolute Gasteiger partial charge is 0.262 e. The number of hydrogen-bond acceptors (Lipinski definition) is 5. The summed E-state index contributed by atoms with van der Waals surface area (Å²) in [6.45, 7) is 0.0521. The minimum absolute atomic E-state index is 0.0931. The molecule has 2 aromatic carbocycles. The third-order valence-corrected chi connectivity index (χ3v) is 4.48. The first-order valence-corrected chi connectivity index (χ1v) is 8.78. The molecule has 4 rings (SSSR count). The van der Waals surface area contributed by atoms with Crippen LogP contribution in [0.3, 0.4) is 0 Å². The first-order chi connectivity index (χ1) is 13.5. The van der Waals surface area contributed by atoms with Crippen LogP contribution in [0.2, 0.25) is 5.02 Å². The molecule has 0 aliphatic carbocycles. The summed E-state index contributed by atoms with van der Waals surface area (Å²) in [7, 11) is 0. The van der Waals surface area contributed by atoms with E-state index in [9.17, 15) is 14.4 Å². The number of nitrogens with zero attached hydrogens (tertiary/aromatic N) is 4. The van der Waals surface area contributed by atoms with Crippen LogP contribution in [-0.2, 0) is 11.3 Å².